The van der Waals surface area contributed by atoms with Crippen molar-refractivity contribution in [2.75, 3.05) is 0 Å². The molecule has 25 heavy (non-hydrogen) atoms. The van der Waals surface area contributed by atoms with Gasteiger partial charge in [-0.1, -0.05) is 24.3 Å². The van der Waals surface area contributed by atoms with Gasteiger partial charge >= 0.3 is 13.5 Å². The molecule has 1 saturated heterocycles. The predicted octanol–water partition coefficient (Wildman–Crippen LogP) is 4.16. The molecule has 3 rings (SSSR count). The first-order valence-electron chi connectivity index (χ1n) is 8.67. The lowest BCUT2D eigenvalue weighted by Gasteiger charge is -2.32. The van der Waals surface area contributed by atoms with Crippen molar-refractivity contribution in [2.24, 2.45) is 0 Å². The van der Waals surface area contributed by atoms with Gasteiger partial charge in [-0.2, -0.15) is 0 Å². The summed E-state index contributed by atoms with van der Waals surface area (Å²) in [7, 11) is -0.464. The number of halogens is 3. The highest BCUT2D eigenvalue weighted by molar-refractivity contribution is 6.62. The summed E-state index contributed by atoms with van der Waals surface area (Å²) >= 11 is 0. The van der Waals surface area contributed by atoms with Crippen LogP contribution in [0.4, 0.5) is 13.2 Å². The molecule has 1 aliphatic carbocycles. The van der Waals surface area contributed by atoms with Gasteiger partial charge in [0.15, 0.2) is 0 Å². The van der Waals surface area contributed by atoms with Crippen molar-refractivity contribution >= 4 is 12.6 Å². The zero-order chi connectivity index (χ0) is 18.5. The number of hydrogen-bond donors (Lipinski definition) is 0. The van der Waals surface area contributed by atoms with Crippen molar-refractivity contribution in [3.8, 4) is 0 Å². The smallest absolute Gasteiger partial charge is 0.399 e. The third-order valence-corrected chi connectivity index (χ3v) is 5.59. The molecule has 7 heteroatoms. The number of ether oxygens (including phenoxy) is 1. The highest BCUT2D eigenvalue weighted by Gasteiger charge is 2.51. The van der Waals surface area contributed by atoms with Crippen molar-refractivity contribution in [1.29, 1.82) is 0 Å². The molecule has 1 aromatic carbocycles. The SMILES string of the molecule is CC1(C)OB(c2cccc([C@H]3CCC(OC(F)(F)F)C3)c2)OC1(C)C. The molecule has 0 N–H and O–H groups in total. The minimum Gasteiger partial charge on any atom is -0.399 e. The lowest BCUT2D eigenvalue weighted by atomic mass is 9.77. The van der Waals surface area contributed by atoms with E-state index in [1.54, 1.807) is 0 Å². The third-order valence-electron chi connectivity index (χ3n) is 5.59. The normalized spacial score (nSPS) is 28.5. The Kier molecular flexibility index (Phi) is 4.71. The Morgan fingerprint density at radius 3 is 2.32 bits per heavy atom. The van der Waals surface area contributed by atoms with Crippen LogP contribution in [-0.4, -0.2) is 30.8 Å². The lowest BCUT2D eigenvalue weighted by molar-refractivity contribution is -0.341. The van der Waals surface area contributed by atoms with Crippen LogP contribution >= 0.6 is 0 Å². The van der Waals surface area contributed by atoms with Crippen molar-refractivity contribution in [3.05, 3.63) is 29.8 Å². The second-order valence-electron chi connectivity index (χ2n) is 7.95. The Morgan fingerprint density at radius 2 is 1.72 bits per heavy atom. The summed E-state index contributed by atoms with van der Waals surface area (Å²) in [6.45, 7) is 7.97. The van der Waals surface area contributed by atoms with Crippen LogP contribution in [0.5, 0.6) is 0 Å². The van der Waals surface area contributed by atoms with Gasteiger partial charge in [-0.05, 0) is 63.9 Å². The van der Waals surface area contributed by atoms with Gasteiger partial charge in [-0.15, -0.1) is 13.2 Å². The van der Waals surface area contributed by atoms with Crippen LogP contribution in [0.25, 0.3) is 0 Å². The van der Waals surface area contributed by atoms with Crippen LogP contribution in [0.3, 0.4) is 0 Å². The van der Waals surface area contributed by atoms with Crippen molar-refractivity contribution in [3.63, 3.8) is 0 Å². The van der Waals surface area contributed by atoms with Crippen LogP contribution in [0, 0.1) is 0 Å². The van der Waals surface area contributed by atoms with Crippen LogP contribution in [0.2, 0.25) is 0 Å². The lowest BCUT2D eigenvalue weighted by Crippen LogP contribution is -2.41. The van der Waals surface area contributed by atoms with Gasteiger partial charge in [-0.25, -0.2) is 0 Å². The summed E-state index contributed by atoms with van der Waals surface area (Å²) in [5, 5.41) is 0. The van der Waals surface area contributed by atoms with Crippen molar-refractivity contribution in [1.82, 2.24) is 0 Å². The first-order chi connectivity index (χ1) is 11.5. The van der Waals surface area contributed by atoms with Gasteiger partial charge < -0.3 is 9.31 Å². The summed E-state index contributed by atoms with van der Waals surface area (Å²) < 4.78 is 53.5. The Labute approximate surface area is 147 Å². The minimum absolute atomic E-state index is 0.0646. The molecular formula is C18H24BF3O3. The maximum absolute atomic E-state index is 12.4. The van der Waals surface area contributed by atoms with E-state index in [-0.39, 0.29) is 5.92 Å². The van der Waals surface area contributed by atoms with Crippen molar-refractivity contribution in [2.45, 2.75) is 76.5 Å². The maximum atomic E-state index is 12.4. The summed E-state index contributed by atoms with van der Waals surface area (Å²) in [6, 6.07) is 7.79. The molecule has 2 aliphatic rings. The molecule has 0 bridgehead atoms. The molecule has 0 spiro atoms. The summed E-state index contributed by atoms with van der Waals surface area (Å²) in [4.78, 5) is 0. The van der Waals surface area contributed by atoms with Gasteiger partial charge in [0.25, 0.3) is 0 Å². The fourth-order valence-electron chi connectivity index (χ4n) is 3.48. The average molecular weight is 356 g/mol. The van der Waals surface area contributed by atoms with Gasteiger partial charge in [0, 0.05) is 0 Å². The maximum Gasteiger partial charge on any atom is 0.522 e. The molecule has 0 aromatic heterocycles. The Balaban J connectivity index is 1.71. The molecule has 1 heterocycles. The van der Waals surface area contributed by atoms with Gasteiger partial charge in [0.1, 0.15) is 0 Å². The largest absolute Gasteiger partial charge is 0.522 e. The molecule has 0 amide bonds. The van der Waals surface area contributed by atoms with Crippen LogP contribution < -0.4 is 5.46 Å². The number of rotatable bonds is 3. The van der Waals surface area contributed by atoms with E-state index >= 15 is 0 Å². The zero-order valence-electron chi connectivity index (χ0n) is 15.0. The quantitative estimate of drug-likeness (QED) is 0.762. The number of hydrogen-bond acceptors (Lipinski definition) is 3. The van der Waals surface area contributed by atoms with Crippen molar-refractivity contribution < 1.29 is 27.2 Å². The molecule has 0 radical (unpaired) electrons. The predicted molar refractivity (Wildman–Crippen MR) is 89.7 cm³/mol. The second kappa shape index (κ2) is 6.29. The van der Waals surface area contributed by atoms with Gasteiger partial charge in [0.2, 0.25) is 0 Å². The fourth-order valence-corrected chi connectivity index (χ4v) is 3.48. The van der Waals surface area contributed by atoms with E-state index in [2.05, 4.69) is 4.74 Å². The monoisotopic (exact) mass is 356 g/mol. The molecule has 138 valence electrons. The number of alkyl halides is 3. The molecular weight excluding hydrogens is 332 g/mol. The summed E-state index contributed by atoms with van der Waals surface area (Å²) in [6.07, 6.45) is -3.83. The van der Waals surface area contributed by atoms with E-state index in [0.717, 1.165) is 11.0 Å². The molecule has 2 fully saturated rings. The topological polar surface area (TPSA) is 27.7 Å². The van der Waals surface area contributed by atoms with E-state index in [4.69, 9.17) is 9.31 Å². The third kappa shape index (κ3) is 4.04. The summed E-state index contributed by atoms with van der Waals surface area (Å²) in [5.74, 6) is 0.0646. The average Bonchev–Trinajstić information content (AvgIpc) is 3.00. The Bertz CT molecular complexity index is 614. The molecule has 1 saturated carbocycles. The molecule has 3 nitrogen and oxygen atoms in total. The minimum atomic E-state index is -4.57. The standard InChI is InChI=1S/C18H24BF3O3/c1-16(2)17(3,4)25-19(24-16)14-7-5-6-12(10-14)13-8-9-15(11-13)23-18(20,21)22/h5-7,10,13,15H,8-9,11H2,1-4H3/t13-,15?/m0/s1. The van der Waals surface area contributed by atoms with Crippen LogP contribution in [0.1, 0.15) is 58.4 Å². The Hall–Kier alpha value is -1.05. The first kappa shape index (κ1) is 18.7. The van der Waals surface area contributed by atoms with E-state index in [1.165, 1.54) is 0 Å². The highest BCUT2D eigenvalue weighted by Crippen LogP contribution is 2.39. The highest BCUT2D eigenvalue weighted by atomic mass is 19.4. The molecule has 2 atom stereocenters. The Morgan fingerprint density at radius 1 is 1.08 bits per heavy atom. The van der Waals surface area contributed by atoms with Gasteiger partial charge in [0.05, 0.1) is 17.3 Å². The molecule has 1 aliphatic heterocycles. The van der Waals surface area contributed by atoms with E-state index in [9.17, 15) is 13.2 Å². The van der Waals surface area contributed by atoms with Crippen LogP contribution in [0.15, 0.2) is 24.3 Å². The van der Waals surface area contributed by atoms with E-state index in [1.807, 2.05) is 52.0 Å². The summed E-state index contributed by atoms with van der Waals surface area (Å²) in [5.41, 5.74) is 1.07. The van der Waals surface area contributed by atoms with E-state index < -0.39 is 30.8 Å². The zero-order valence-corrected chi connectivity index (χ0v) is 15.0. The fraction of sp³-hybridized carbons (Fsp3) is 0.667. The molecule has 1 aromatic rings. The van der Waals surface area contributed by atoms with E-state index in [0.29, 0.717) is 19.3 Å². The first-order valence-corrected chi connectivity index (χ1v) is 8.67. The van der Waals surface area contributed by atoms with Crippen LogP contribution in [-0.2, 0) is 14.0 Å². The number of benzene rings is 1. The second-order valence-corrected chi connectivity index (χ2v) is 7.95. The molecule has 1 unspecified atom stereocenters. The van der Waals surface area contributed by atoms with Gasteiger partial charge in [-0.3, -0.25) is 4.74 Å².